The van der Waals surface area contributed by atoms with Crippen LogP contribution in [0.1, 0.15) is 0 Å². The molecule has 0 heterocycles. The van der Waals surface area contributed by atoms with Gasteiger partial charge in [-0.15, -0.1) is 6.42 Å². The third kappa shape index (κ3) is 1.61. The van der Waals surface area contributed by atoms with Crippen molar-refractivity contribution < 1.29 is 9.09 Å². The Bertz CT molecular complexity index is 218. The van der Waals surface area contributed by atoms with E-state index < -0.39 is 14.3 Å². The van der Waals surface area contributed by atoms with Gasteiger partial charge in [0, 0.05) is 0 Å². The molecule has 0 fully saturated rings. The molecule has 1 unspecified atom stereocenters. The molecule has 0 saturated carbocycles. The third-order valence-electron chi connectivity index (χ3n) is 0.743. The number of hydrogen-bond acceptors (Lipinski definition) is 4. The first kappa shape index (κ1) is 8.73. The smallest absolute Gasteiger partial charge is 0.300 e. The van der Waals surface area contributed by atoms with Gasteiger partial charge >= 0.3 is 5.60 Å². The summed E-state index contributed by atoms with van der Waals surface area (Å²) in [5, 5.41) is 16.5. The van der Waals surface area contributed by atoms with E-state index in [4.69, 9.17) is 16.9 Å². The molecule has 0 saturated heterocycles. The summed E-state index contributed by atoms with van der Waals surface area (Å²) in [4.78, 5) is 0. The van der Waals surface area contributed by atoms with Gasteiger partial charge in [0.1, 0.15) is 12.1 Å². The number of nitriles is 2. The van der Waals surface area contributed by atoms with Gasteiger partial charge in [0.25, 0.3) is 0 Å². The molecule has 5 heteroatoms. The zero-order valence-corrected chi connectivity index (χ0v) is 6.02. The predicted octanol–water partition coefficient (Wildman–Crippen LogP) is 0.0935. The number of rotatable bonds is 2. The van der Waals surface area contributed by atoms with Crippen LogP contribution in [0.4, 0.5) is 0 Å². The lowest BCUT2D eigenvalue weighted by Crippen LogP contribution is -2.21. The van der Waals surface area contributed by atoms with Gasteiger partial charge in [-0.1, -0.05) is 0 Å². The van der Waals surface area contributed by atoms with Crippen LogP contribution in [0.2, 0.25) is 0 Å². The fourth-order valence-electron chi connectivity index (χ4n) is 0.248. The fourth-order valence-corrected chi connectivity index (χ4v) is 0.566. The minimum Gasteiger partial charge on any atom is -0.300 e. The maximum atomic E-state index is 9.89. The van der Waals surface area contributed by atoms with Gasteiger partial charge in [-0.25, -0.2) is 0 Å². The predicted molar refractivity (Wildman–Crippen MR) is 34.3 cm³/mol. The Labute approximate surface area is 59.3 Å². The second-order valence-electron chi connectivity index (χ2n) is 1.26. The van der Waals surface area contributed by atoms with Crippen molar-refractivity contribution in [2.45, 2.75) is 5.60 Å². The lowest BCUT2D eigenvalue weighted by molar-refractivity contribution is 0.272. The SMILES string of the molecule is C#CC(C#N)(C#N)O[PH2]=O. The molecule has 0 spiro atoms. The third-order valence-corrected chi connectivity index (χ3v) is 1.19. The van der Waals surface area contributed by atoms with E-state index in [0.717, 1.165) is 0 Å². The molecule has 0 aliphatic rings. The largest absolute Gasteiger partial charge is 0.308 e. The molecule has 0 aliphatic carbocycles. The van der Waals surface area contributed by atoms with Gasteiger partial charge in [-0.3, -0.25) is 9.09 Å². The maximum absolute atomic E-state index is 9.89. The molecule has 50 valence electrons. The Kier molecular flexibility index (Phi) is 3.23. The highest BCUT2D eigenvalue weighted by Crippen LogP contribution is 2.13. The van der Waals surface area contributed by atoms with E-state index in [2.05, 4.69) is 4.52 Å². The molecular weight excluding hydrogens is 151 g/mol. The minimum absolute atomic E-state index is 1.42. The molecule has 0 aromatic heterocycles. The van der Waals surface area contributed by atoms with Crippen LogP contribution in [-0.4, -0.2) is 5.60 Å². The average Bonchev–Trinajstić information content (AvgIpc) is 2.01. The Balaban J connectivity index is 4.60. The van der Waals surface area contributed by atoms with Crippen LogP contribution in [-0.2, 0) is 9.09 Å². The average molecular weight is 154 g/mol. The van der Waals surface area contributed by atoms with Crippen LogP contribution in [0.15, 0.2) is 0 Å². The number of hydrogen-bond donors (Lipinski definition) is 0. The van der Waals surface area contributed by atoms with Crippen molar-refractivity contribution in [3.8, 4) is 24.5 Å². The summed E-state index contributed by atoms with van der Waals surface area (Å²) in [6, 6.07) is 2.83. The van der Waals surface area contributed by atoms with Crippen LogP contribution in [0, 0.1) is 35.0 Å². The van der Waals surface area contributed by atoms with E-state index in [0.29, 0.717) is 0 Å². The van der Waals surface area contributed by atoms with Crippen LogP contribution in [0.3, 0.4) is 0 Å². The van der Waals surface area contributed by atoms with Crippen molar-refractivity contribution in [3.63, 3.8) is 0 Å². The molecule has 4 nitrogen and oxygen atoms in total. The van der Waals surface area contributed by atoms with E-state index in [1.165, 1.54) is 12.1 Å². The normalized spacial score (nSPS) is 10.1. The fraction of sp³-hybridized carbons (Fsp3) is 0.200. The van der Waals surface area contributed by atoms with Gasteiger partial charge < -0.3 is 0 Å². The first-order valence-corrected chi connectivity index (χ1v) is 3.10. The van der Waals surface area contributed by atoms with E-state index in [1.807, 2.05) is 0 Å². The molecule has 0 bridgehead atoms. The standard InChI is InChI=1S/C5H3N2O2P/c1-2-5(3-6,4-7)9-10-8/h1H,10H2. The van der Waals surface area contributed by atoms with Gasteiger partial charge in [0.15, 0.2) is 8.69 Å². The van der Waals surface area contributed by atoms with E-state index >= 15 is 0 Å². The second-order valence-corrected chi connectivity index (χ2v) is 1.69. The minimum atomic E-state index is -1.96. The van der Waals surface area contributed by atoms with Crippen LogP contribution in [0.5, 0.6) is 0 Å². The van der Waals surface area contributed by atoms with Crippen LogP contribution >= 0.6 is 8.69 Å². The number of nitrogens with zero attached hydrogens (tertiary/aromatic N) is 2. The van der Waals surface area contributed by atoms with E-state index in [9.17, 15) is 4.57 Å². The molecule has 1 atom stereocenters. The summed E-state index contributed by atoms with van der Waals surface area (Å²) >= 11 is 0. The summed E-state index contributed by atoms with van der Waals surface area (Å²) in [6.45, 7) is 0. The molecule has 0 aromatic carbocycles. The van der Waals surface area contributed by atoms with Crippen molar-refractivity contribution >= 4 is 8.69 Å². The molecule has 10 heavy (non-hydrogen) atoms. The van der Waals surface area contributed by atoms with Crippen molar-refractivity contribution in [3.05, 3.63) is 0 Å². The van der Waals surface area contributed by atoms with Gasteiger partial charge in [0.2, 0.25) is 0 Å². The van der Waals surface area contributed by atoms with Gasteiger partial charge in [0.05, 0.1) is 0 Å². The van der Waals surface area contributed by atoms with Gasteiger partial charge in [-0.05, 0) is 5.92 Å². The Morgan fingerprint density at radius 1 is 1.50 bits per heavy atom. The van der Waals surface area contributed by atoms with Crippen LogP contribution < -0.4 is 0 Å². The van der Waals surface area contributed by atoms with Crippen molar-refractivity contribution in [2.75, 3.05) is 0 Å². The van der Waals surface area contributed by atoms with Gasteiger partial charge in [-0.2, -0.15) is 10.5 Å². The molecule has 0 amide bonds. The number of terminal acetylenes is 1. The van der Waals surface area contributed by atoms with E-state index in [1.54, 1.807) is 5.92 Å². The highest BCUT2D eigenvalue weighted by Gasteiger charge is 2.27. The first-order valence-electron chi connectivity index (χ1n) is 2.16. The Morgan fingerprint density at radius 2 is 2.00 bits per heavy atom. The quantitative estimate of drug-likeness (QED) is 0.417. The molecule has 0 aliphatic heterocycles. The summed E-state index contributed by atoms with van der Waals surface area (Å²) in [6.07, 6.45) is 4.77. The first-order chi connectivity index (χ1) is 4.74. The Morgan fingerprint density at radius 3 is 2.10 bits per heavy atom. The monoisotopic (exact) mass is 154 g/mol. The highest BCUT2D eigenvalue weighted by atomic mass is 31.1. The van der Waals surface area contributed by atoms with E-state index in [-0.39, 0.29) is 0 Å². The molecule has 0 rings (SSSR count). The zero-order valence-electron chi connectivity index (χ0n) is 4.87. The summed E-state index contributed by atoms with van der Waals surface area (Å²) in [5.74, 6) is 1.79. The summed E-state index contributed by atoms with van der Waals surface area (Å²) in [7, 11) is -1.63. The molecular formula is C5H3N2O2P. The molecule has 0 aromatic rings. The van der Waals surface area contributed by atoms with Crippen molar-refractivity contribution in [1.82, 2.24) is 0 Å². The van der Waals surface area contributed by atoms with Crippen LogP contribution in [0.25, 0.3) is 0 Å². The molecule has 0 radical (unpaired) electrons. The zero-order chi connectivity index (χ0) is 8.04. The Hall–Kier alpha value is -1.27. The maximum Gasteiger partial charge on any atom is 0.308 e. The second kappa shape index (κ2) is 3.70. The van der Waals surface area contributed by atoms with Crippen molar-refractivity contribution in [1.29, 1.82) is 10.5 Å². The summed E-state index contributed by atoms with van der Waals surface area (Å²) < 4.78 is 14.1. The lowest BCUT2D eigenvalue weighted by Gasteiger charge is -2.04. The highest BCUT2D eigenvalue weighted by molar-refractivity contribution is 7.17. The molecule has 0 N–H and O–H groups in total. The lowest BCUT2D eigenvalue weighted by atomic mass is 10.1. The van der Waals surface area contributed by atoms with Crippen molar-refractivity contribution in [2.24, 2.45) is 0 Å². The topological polar surface area (TPSA) is 73.9 Å². The summed E-state index contributed by atoms with van der Waals surface area (Å²) in [5.41, 5.74) is -1.96.